The monoisotopic (exact) mass is 275 g/mol. The van der Waals surface area contributed by atoms with Gasteiger partial charge in [-0.05, 0) is 32.1 Å². The molecule has 1 aliphatic rings. The molecule has 0 radical (unpaired) electrons. The molecule has 0 saturated carbocycles. The standard InChI is InChI=1S/C12H22BrNO/c1-3-7-10-8-5-6-9-14(10)12(15)11(13)4-2/h10-11H,3-9H2,1-2H3. The van der Waals surface area contributed by atoms with Crippen LogP contribution in [-0.4, -0.2) is 28.2 Å². The van der Waals surface area contributed by atoms with E-state index in [1.165, 1.54) is 25.7 Å². The lowest BCUT2D eigenvalue weighted by atomic mass is 9.97. The van der Waals surface area contributed by atoms with Gasteiger partial charge in [0, 0.05) is 12.6 Å². The van der Waals surface area contributed by atoms with Gasteiger partial charge < -0.3 is 4.90 Å². The van der Waals surface area contributed by atoms with Crippen LogP contribution in [0.3, 0.4) is 0 Å². The number of nitrogens with zero attached hydrogens (tertiary/aromatic N) is 1. The van der Waals surface area contributed by atoms with Gasteiger partial charge in [0.15, 0.2) is 0 Å². The summed E-state index contributed by atoms with van der Waals surface area (Å²) in [5.74, 6) is 0.302. The van der Waals surface area contributed by atoms with Crippen molar-refractivity contribution in [3.8, 4) is 0 Å². The molecule has 2 nitrogen and oxygen atoms in total. The molecule has 0 aliphatic carbocycles. The summed E-state index contributed by atoms with van der Waals surface area (Å²) < 4.78 is 0. The molecule has 1 aliphatic heterocycles. The number of hydrogen-bond acceptors (Lipinski definition) is 1. The van der Waals surface area contributed by atoms with Crippen LogP contribution in [0.4, 0.5) is 0 Å². The summed E-state index contributed by atoms with van der Waals surface area (Å²) in [6.07, 6.45) is 6.88. The van der Waals surface area contributed by atoms with Crippen LogP contribution in [0.25, 0.3) is 0 Å². The van der Waals surface area contributed by atoms with E-state index in [0.29, 0.717) is 11.9 Å². The Bertz CT molecular complexity index is 206. The summed E-state index contributed by atoms with van der Waals surface area (Å²) in [5.41, 5.74) is 0. The van der Waals surface area contributed by atoms with Crippen LogP contribution in [0.15, 0.2) is 0 Å². The van der Waals surface area contributed by atoms with Crippen LogP contribution in [-0.2, 0) is 4.79 Å². The summed E-state index contributed by atoms with van der Waals surface area (Å²) in [5, 5.41) is 0. The maximum atomic E-state index is 12.1. The Balaban J connectivity index is 2.58. The lowest BCUT2D eigenvalue weighted by Crippen LogP contribution is -2.46. The van der Waals surface area contributed by atoms with Crippen molar-refractivity contribution in [1.29, 1.82) is 0 Å². The first-order valence-corrected chi connectivity index (χ1v) is 7.06. The van der Waals surface area contributed by atoms with Crippen molar-refractivity contribution in [3.05, 3.63) is 0 Å². The molecule has 1 amide bonds. The Morgan fingerprint density at radius 1 is 1.47 bits per heavy atom. The van der Waals surface area contributed by atoms with Crippen molar-refractivity contribution in [2.45, 2.75) is 63.2 Å². The molecule has 0 bridgehead atoms. The van der Waals surface area contributed by atoms with Crippen molar-refractivity contribution in [1.82, 2.24) is 4.90 Å². The molecule has 1 heterocycles. The highest BCUT2D eigenvalue weighted by atomic mass is 79.9. The van der Waals surface area contributed by atoms with Gasteiger partial charge in [0.1, 0.15) is 0 Å². The molecule has 1 saturated heterocycles. The Kier molecular flexibility index (Phi) is 5.65. The fraction of sp³-hybridized carbons (Fsp3) is 0.917. The minimum atomic E-state index is 0.0231. The van der Waals surface area contributed by atoms with Crippen LogP contribution in [0.5, 0.6) is 0 Å². The van der Waals surface area contributed by atoms with Crippen LogP contribution in [0.2, 0.25) is 0 Å². The second-order valence-corrected chi connectivity index (χ2v) is 5.45. The van der Waals surface area contributed by atoms with Crippen molar-refractivity contribution < 1.29 is 4.79 Å². The Labute approximate surface area is 102 Å². The Morgan fingerprint density at radius 2 is 2.20 bits per heavy atom. The van der Waals surface area contributed by atoms with Crippen LogP contribution >= 0.6 is 15.9 Å². The zero-order valence-electron chi connectivity index (χ0n) is 9.84. The number of piperidine rings is 1. The predicted molar refractivity (Wildman–Crippen MR) is 67.3 cm³/mol. The number of likely N-dealkylation sites (tertiary alicyclic amines) is 1. The molecule has 88 valence electrons. The average molecular weight is 276 g/mol. The number of carbonyl (C=O) groups excluding carboxylic acids is 1. The number of hydrogen-bond donors (Lipinski definition) is 0. The molecule has 0 aromatic rings. The second kappa shape index (κ2) is 6.51. The van der Waals surface area contributed by atoms with Crippen molar-refractivity contribution in [2.75, 3.05) is 6.54 Å². The third kappa shape index (κ3) is 3.47. The normalized spacial score (nSPS) is 23.9. The first kappa shape index (κ1) is 13.0. The number of alkyl halides is 1. The minimum absolute atomic E-state index is 0.0231. The fourth-order valence-corrected chi connectivity index (χ4v) is 2.54. The molecule has 0 N–H and O–H groups in total. The Hall–Kier alpha value is -0.0500. The van der Waals surface area contributed by atoms with Gasteiger partial charge in [-0.25, -0.2) is 0 Å². The highest BCUT2D eigenvalue weighted by molar-refractivity contribution is 9.10. The van der Waals surface area contributed by atoms with Gasteiger partial charge in [-0.1, -0.05) is 36.2 Å². The lowest BCUT2D eigenvalue weighted by Gasteiger charge is -2.37. The molecular weight excluding hydrogens is 254 g/mol. The third-order valence-corrected chi connectivity index (χ3v) is 4.20. The summed E-state index contributed by atoms with van der Waals surface area (Å²) in [6, 6.07) is 0.503. The quantitative estimate of drug-likeness (QED) is 0.721. The topological polar surface area (TPSA) is 20.3 Å². The zero-order chi connectivity index (χ0) is 11.3. The van der Waals surface area contributed by atoms with E-state index >= 15 is 0 Å². The van der Waals surface area contributed by atoms with Crippen LogP contribution in [0.1, 0.15) is 52.4 Å². The predicted octanol–water partition coefficient (Wildman–Crippen LogP) is 3.34. The molecule has 1 rings (SSSR count). The van der Waals surface area contributed by atoms with Crippen LogP contribution < -0.4 is 0 Å². The van der Waals surface area contributed by atoms with Gasteiger partial charge in [-0.2, -0.15) is 0 Å². The summed E-state index contributed by atoms with van der Waals surface area (Å²) in [4.78, 5) is 14.2. The van der Waals surface area contributed by atoms with E-state index in [1.807, 2.05) is 0 Å². The van der Waals surface area contributed by atoms with Crippen LogP contribution in [0, 0.1) is 0 Å². The molecule has 0 aromatic carbocycles. The molecule has 1 fully saturated rings. The number of amides is 1. The van der Waals surface area contributed by atoms with Crippen molar-refractivity contribution >= 4 is 21.8 Å². The summed E-state index contributed by atoms with van der Waals surface area (Å²) in [6.45, 7) is 5.21. The smallest absolute Gasteiger partial charge is 0.236 e. The third-order valence-electron chi connectivity index (χ3n) is 3.16. The fourth-order valence-electron chi connectivity index (χ4n) is 2.28. The molecule has 0 aromatic heterocycles. The largest absolute Gasteiger partial charge is 0.339 e. The molecular formula is C12H22BrNO. The van der Waals surface area contributed by atoms with Crippen molar-refractivity contribution in [3.63, 3.8) is 0 Å². The van der Waals surface area contributed by atoms with Gasteiger partial charge in [0.2, 0.25) is 5.91 Å². The molecule has 3 heteroatoms. The van der Waals surface area contributed by atoms with Gasteiger partial charge in [-0.15, -0.1) is 0 Å². The van der Waals surface area contributed by atoms with Gasteiger partial charge in [0.05, 0.1) is 4.83 Å². The zero-order valence-corrected chi connectivity index (χ0v) is 11.4. The second-order valence-electron chi connectivity index (χ2n) is 4.35. The maximum Gasteiger partial charge on any atom is 0.236 e. The van der Waals surface area contributed by atoms with E-state index in [2.05, 4.69) is 34.7 Å². The van der Waals surface area contributed by atoms with E-state index in [4.69, 9.17) is 0 Å². The van der Waals surface area contributed by atoms with Gasteiger partial charge >= 0.3 is 0 Å². The molecule has 15 heavy (non-hydrogen) atoms. The number of halogens is 1. The highest BCUT2D eigenvalue weighted by Crippen LogP contribution is 2.23. The van der Waals surface area contributed by atoms with Gasteiger partial charge in [0.25, 0.3) is 0 Å². The lowest BCUT2D eigenvalue weighted by molar-refractivity contribution is -0.134. The van der Waals surface area contributed by atoms with Gasteiger partial charge in [-0.3, -0.25) is 4.79 Å². The molecule has 0 spiro atoms. The van der Waals surface area contributed by atoms with E-state index in [-0.39, 0.29) is 4.83 Å². The van der Waals surface area contributed by atoms with E-state index < -0.39 is 0 Å². The molecule has 2 atom stereocenters. The van der Waals surface area contributed by atoms with E-state index in [9.17, 15) is 4.79 Å². The minimum Gasteiger partial charge on any atom is -0.339 e. The highest BCUT2D eigenvalue weighted by Gasteiger charge is 2.28. The first-order chi connectivity index (χ1) is 7.20. The number of carbonyl (C=O) groups is 1. The summed E-state index contributed by atoms with van der Waals surface area (Å²) >= 11 is 3.47. The van der Waals surface area contributed by atoms with E-state index in [1.54, 1.807) is 0 Å². The van der Waals surface area contributed by atoms with Crippen molar-refractivity contribution in [2.24, 2.45) is 0 Å². The average Bonchev–Trinajstić information content (AvgIpc) is 2.28. The molecule has 2 unspecified atom stereocenters. The summed E-state index contributed by atoms with van der Waals surface area (Å²) in [7, 11) is 0. The SMILES string of the molecule is CCCC1CCCCN1C(=O)C(Br)CC. The van der Waals surface area contributed by atoms with E-state index in [0.717, 1.165) is 19.4 Å². The Morgan fingerprint density at radius 3 is 2.80 bits per heavy atom. The first-order valence-electron chi connectivity index (χ1n) is 6.15. The maximum absolute atomic E-state index is 12.1. The number of rotatable bonds is 4.